The van der Waals surface area contributed by atoms with Crippen molar-refractivity contribution in [3.05, 3.63) is 53.3 Å². The van der Waals surface area contributed by atoms with Crippen LogP contribution in [0.1, 0.15) is 11.1 Å². The molecule has 0 heterocycles. The molecule has 2 rings (SSSR count). The minimum Gasteiger partial charge on any atom is -0.279 e. The minimum atomic E-state index is -4.21. The maximum absolute atomic E-state index is 13.7. The molecule has 124 valence electrons. The third-order valence-electron chi connectivity index (χ3n) is 3.34. The van der Waals surface area contributed by atoms with Gasteiger partial charge in [-0.3, -0.25) is 4.72 Å². The van der Waals surface area contributed by atoms with E-state index in [1.807, 2.05) is 0 Å². The molecule has 0 atom stereocenters. The summed E-state index contributed by atoms with van der Waals surface area (Å²) in [5.74, 6) is -0.906. The fourth-order valence-electron chi connectivity index (χ4n) is 1.96. The highest BCUT2D eigenvalue weighted by Crippen LogP contribution is 2.26. The van der Waals surface area contributed by atoms with Gasteiger partial charge in [0.05, 0.1) is 10.6 Å². The molecule has 0 aliphatic carbocycles. The van der Waals surface area contributed by atoms with E-state index in [1.54, 1.807) is 13.8 Å². The van der Waals surface area contributed by atoms with Gasteiger partial charge in [-0.2, -0.15) is 0 Å². The van der Waals surface area contributed by atoms with Crippen LogP contribution in [0.3, 0.4) is 0 Å². The number of aryl methyl sites for hydroxylation is 1. The molecule has 0 aromatic heterocycles. The van der Waals surface area contributed by atoms with Crippen molar-refractivity contribution in [2.24, 2.45) is 5.14 Å². The number of hydrogen-bond acceptors (Lipinski definition) is 4. The van der Waals surface area contributed by atoms with E-state index in [2.05, 4.69) is 4.72 Å². The fraction of sp³-hybridized carbons (Fsp3) is 0.143. The van der Waals surface area contributed by atoms with Crippen LogP contribution in [0.4, 0.5) is 10.1 Å². The second kappa shape index (κ2) is 5.91. The summed E-state index contributed by atoms with van der Waals surface area (Å²) in [6.45, 7) is 3.23. The van der Waals surface area contributed by atoms with Crippen molar-refractivity contribution >= 4 is 25.7 Å². The van der Waals surface area contributed by atoms with Crippen LogP contribution < -0.4 is 9.86 Å². The molecular weight excluding hydrogens is 343 g/mol. The number of hydrogen-bond donors (Lipinski definition) is 2. The van der Waals surface area contributed by atoms with E-state index in [0.29, 0.717) is 11.1 Å². The Hall–Kier alpha value is -1.97. The molecule has 0 aliphatic rings. The average molecular weight is 358 g/mol. The van der Waals surface area contributed by atoms with Gasteiger partial charge in [-0.1, -0.05) is 12.1 Å². The summed E-state index contributed by atoms with van der Waals surface area (Å²) in [6, 6.07) is 7.33. The molecule has 0 spiro atoms. The van der Waals surface area contributed by atoms with Gasteiger partial charge < -0.3 is 0 Å². The third-order valence-corrected chi connectivity index (χ3v) is 5.63. The van der Waals surface area contributed by atoms with Crippen molar-refractivity contribution in [2.45, 2.75) is 23.6 Å². The first kappa shape index (κ1) is 17.4. The Bertz CT molecular complexity index is 970. The lowest BCUT2D eigenvalue weighted by atomic mass is 10.1. The van der Waals surface area contributed by atoms with Crippen LogP contribution in [0, 0.1) is 19.7 Å². The Morgan fingerprint density at radius 3 is 2.22 bits per heavy atom. The van der Waals surface area contributed by atoms with Crippen molar-refractivity contribution in [2.75, 3.05) is 4.72 Å². The van der Waals surface area contributed by atoms with Crippen LogP contribution in [-0.2, 0) is 20.0 Å². The van der Waals surface area contributed by atoms with E-state index in [1.165, 1.54) is 18.2 Å². The van der Waals surface area contributed by atoms with Gasteiger partial charge in [-0.05, 0) is 49.2 Å². The SMILES string of the molecule is Cc1cc(S(N)(=O)=O)cc(NS(=O)(=O)c2ccccc2F)c1C. The highest BCUT2D eigenvalue weighted by atomic mass is 32.2. The number of nitrogens with two attached hydrogens (primary N) is 1. The summed E-state index contributed by atoms with van der Waals surface area (Å²) >= 11 is 0. The summed E-state index contributed by atoms with van der Waals surface area (Å²) in [5, 5.41) is 5.08. The number of sulfonamides is 2. The molecular formula is C14H15FN2O4S2. The Morgan fingerprint density at radius 1 is 1.04 bits per heavy atom. The van der Waals surface area contributed by atoms with E-state index < -0.39 is 30.8 Å². The number of halogens is 1. The predicted molar refractivity (Wildman–Crippen MR) is 84.5 cm³/mol. The predicted octanol–water partition coefficient (Wildman–Crippen LogP) is 1.89. The standard InChI is InChI=1S/C14H15FN2O4S2/c1-9-7-11(22(16,18)19)8-13(10(9)2)17-23(20,21)14-6-4-3-5-12(14)15/h3-8,17H,1-2H3,(H2,16,18,19). The van der Waals surface area contributed by atoms with Crippen molar-refractivity contribution in [1.82, 2.24) is 0 Å². The second-order valence-electron chi connectivity index (χ2n) is 4.99. The molecule has 0 saturated carbocycles. The Morgan fingerprint density at radius 2 is 1.65 bits per heavy atom. The van der Waals surface area contributed by atoms with E-state index in [-0.39, 0.29) is 10.6 Å². The van der Waals surface area contributed by atoms with Crippen LogP contribution in [0.2, 0.25) is 0 Å². The molecule has 0 aliphatic heterocycles. The summed E-state index contributed by atoms with van der Waals surface area (Å²) in [6.07, 6.45) is 0. The Kier molecular flexibility index (Phi) is 4.47. The molecule has 23 heavy (non-hydrogen) atoms. The lowest BCUT2D eigenvalue weighted by molar-refractivity contribution is 0.570. The quantitative estimate of drug-likeness (QED) is 0.870. The Labute approximate surface area is 134 Å². The van der Waals surface area contributed by atoms with Crippen molar-refractivity contribution in [3.8, 4) is 0 Å². The van der Waals surface area contributed by atoms with E-state index in [0.717, 1.165) is 18.2 Å². The first-order valence-corrected chi connectivity index (χ1v) is 9.47. The van der Waals surface area contributed by atoms with Gasteiger partial charge in [0.25, 0.3) is 10.0 Å². The summed E-state index contributed by atoms with van der Waals surface area (Å²) in [5.41, 5.74) is 1.07. The molecule has 0 bridgehead atoms. The van der Waals surface area contributed by atoms with Gasteiger partial charge in [-0.15, -0.1) is 0 Å². The molecule has 0 radical (unpaired) electrons. The molecule has 3 N–H and O–H groups in total. The number of primary sulfonamides is 1. The highest BCUT2D eigenvalue weighted by Gasteiger charge is 2.21. The zero-order chi connectivity index (χ0) is 17.4. The summed E-state index contributed by atoms with van der Waals surface area (Å²) in [4.78, 5) is -0.759. The van der Waals surface area contributed by atoms with Gasteiger partial charge in [0.1, 0.15) is 10.7 Å². The van der Waals surface area contributed by atoms with Gasteiger partial charge in [0.15, 0.2) is 0 Å². The number of anilines is 1. The van der Waals surface area contributed by atoms with Crippen molar-refractivity contribution in [1.29, 1.82) is 0 Å². The van der Waals surface area contributed by atoms with Gasteiger partial charge in [0.2, 0.25) is 10.0 Å². The molecule has 6 nitrogen and oxygen atoms in total. The van der Waals surface area contributed by atoms with Crippen LogP contribution in [0.25, 0.3) is 0 Å². The molecule has 2 aromatic rings. The monoisotopic (exact) mass is 358 g/mol. The molecule has 9 heteroatoms. The Balaban J connectivity index is 2.56. The first-order valence-electron chi connectivity index (χ1n) is 6.44. The maximum atomic E-state index is 13.7. The normalized spacial score (nSPS) is 12.2. The molecule has 0 amide bonds. The first-order chi connectivity index (χ1) is 10.5. The minimum absolute atomic E-state index is 0.0253. The zero-order valence-corrected chi connectivity index (χ0v) is 14.0. The average Bonchev–Trinajstić information content (AvgIpc) is 2.42. The molecule has 0 fully saturated rings. The van der Waals surface area contributed by atoms with E-state index in [4.69, 9.17) is 5.14 Å². The number of nitrogens with one attached hydrogen (secondary N) is 1. The number of rotatable bonds is 4. The van der Waals surface area contributed by atoms with Crippen LogP contribution in [-0.4, -0.2) is 16.8 Å². The van der Waals surface area contributed by atoms with Gasteiger partial charge >= 0.3 is 0 Å². The molecule has 0 unspecified atom stereocenters. The molecule has 2 aromatic carbocycles. The van der Waals surface area contributed by atoms with Gasteiger partial charge in [0, 0.05) is 0 Å². The number of benzene rings is 2. The third kappa shape index (κ3) is 3.69. The van der Waals surface area contributed by atoms with E-state index >= 15 is 0 Å². The lowest BCUT2D eigenvalue weighted by Gasteiger charge is -2.14. The summed E-state index contributed by atoms with van der Waals surface area (Å²) < 4.78 is 63.5. The second-order valence-corrected chi connectivity index (χ2v) is 8.21. The summed E-state index contributed by atoms with van der Waals surface area (Å²) in [7, 11) is -8.21. The van der Waals surface area contributed by atoms with Crippen molar-refractivity contribution in [3.63, 3.8) is 0 Å². The van der Waals surface area contributed by atoms with Crippen LogP contribution >= 0.6 is 0 Å². The fourth-order valence-corrected chi connectivity index (χ4v) is 3.78. The van der Waals surface area contributed by atoms with Crippen LogP contribution in [0.15, 0.2) is 46.2 Å². The lowest BCUT2D eigenvalue weighted by Crippen LogP contribution is -2.17. The van der Waals surface area contributed by atoms with Crippen molar-refractivity contribution < 1.29 is 21.2 Å². The maximum Gasteiger partial charge on any atom is 0.264 e. The zero-order valence-electron chi connectivity index (χ0n) is 12.4. The van der Waals surface area contributed by atoms with E-state index in [9.17, 15) is 21.2 Å². The van der Waals surface area contributed by atoms with Crippen LogP contribution in [0.5, 0.6) is 0 Å². The largest absolute Gasteiger partial charge is 0.279 e. The highest BCUT2D eigenvalue weighted by molar-refractivity contribution is 7.92. The van der Waals surface area contributed by atoms with Gasteiger partial charge in [-0.25, -0.2) is 26.4 Å². The topological polar surface area (TPSA) is 106 Å². The smallest absolute Gasteiger partial charge is 0.264 e. The molecule has 0 saturated heterocycles.